The first kappa shape index (κ1) is 16.4. The van der Waals surface area contributed by atoms with E-state index in [2.05, 4.69) is 13.8 Å². The molecule has 1 aromatic rings. The second-order valence-electron chi connectivity index (χ2n) is 6.06. The first-order chi connectivity index (χ1) is 9.79. The second-order valence-corrected chi connectivity index (χ2v) is 6.88. The van der Waals surface area contributed by atoms with Crippen LogP contribution in [0.5, 0.6) is 5.75 Å². The maximum absolute atomic E-state index is 12.2. The number of hydrogen-bond donors (Lipinski definition) is 1. The van der Waals surface area contributed by atoms with Crippen molar-refractivity contribution in [1.82, 2.24) is 4.90 Å². The number of carbonyl (C=O) groups is 1. The lowest BCUT2D eigenvalue weighted by atomic mass is 9.80. The number of amides is 1. The lowest BCUT2D eigenvalue weighted by molar-refractivity contribution is -0.136. The Morgan fingerprint density at radius 3 is 2.76 bits per heavy atom. The van der Waals surface area contributed by atoms with Crippen molar-refractivity contribution in [1.29, 1.82) is 0 Å². The molecular weight excluding hydrogens is 311 g/mol. The van der Waals surface area contributed by atoms with Crippen LogP contribution >= 0.6 is 23.2 Å². The Kier molecular flexibility index (Phi) is 5.02. The number of rotatable bonds is 3. The Morgan fingerprint density at radius 2 is 2.14 bits per heavy atom. The lowest BCUT2D eigenvalue weighted by Crippen LogP contribution is -2.54. The van der Waals surface area contributed by atoms with Crippen molar-refractivity contribution in [3.63, 3.8) is 0 Å². The first-order valence-corrected chi connectivity index (χ1v) is 7.66. The fourth-order valence-electron chi connectivity index (χ4n) is 2.39. The van der Waals surface area contributed by atoms with Gasteiger partial charge in [0.1, 0.15) is 5.75 Å². The third-order valence-electron chi connectivity index (χ3n) is 3.92. The molecule has 1 heterocycles. The van der Waals surface area contributed by atoms with E-state index >= 15 is 0 Å². The van der Waals surface area contributed by atoms with Crippen LogP contribution in [0, 0.1) is 5.41 Å². The molecule has 1 atom stereocenters. The van der Waals surface area contributed by atoms with Gasteiger partial charge in [0.15, 0.2) is 6.61 Å². The average Bonchev–Trinajstić information content (AvgIpc) is 2.42. The van der Waals surface area contributed by atoms with E-state index in [1.165, 1.54) is 0 Å². The van der Waals surface area contributed by atoms with Crippen LogP contribution in [0.2, 0.25) is 10.0 Å². The van der Waals surface area contributed by atoms with Gasteiger partial charge in [-0.25, -0.2) is 0 Å². The maximum atomic E-state index is 12.2. The van der Waals surface area contributed by atoms with Crippen LogP contribution in [0.4, 0.5) is 0 Å². The van der Waals surface area contributed by atoms with Gasteiger partial charge >= 0.3 is 0 Å². The fraction of sp³-hybridized carbons (Fsp3) is 0.533. The highest BCUT2D eigenvalue weighted by atomic mass is 35.5. The predicted octanol–water partition coefficient (Wildman–Crippen LogP) is 2.96. The third-order valence-corrected chi connectivity index (χ3v) is 4.66. The Balaban J connectivity index is 1.91. The van der Waals surface area contributed by atoms with Gasteiger partial charge in [-0.3, -0.25) is 4.79 Å². The molecule has 116 valence electrons. The SMILES string of the molecule is CC1(C)CN(C(=O)COc2ccc(Cl)c(Cl)c2)CCC1N. The van der Waals surface area contributed by atoms with Crippen molar-refractivity contribution in [2.24, 2.45) is 11.1 Å². The minimum absolute atomic E-state index is 0.0106. The van der Waals surface area contributed by atoms with Crippen LogP contribution in [0.1, 0.15) is 20.3 Å². The Labute approximate surface area is 135 Å². The molecule has 21 heavy (non-hydrogen) atoms. The van der Waals surface area contributed by atoms with Crippen molar-refractivity contribution < 1.29 is 9.53 Å². The van der Waals surface area contributed by atoms with Gasteiger partial charge < -0.3 is 15.4 Å². The molecule has 0 bridgehead atoms. The summed E-state index contributed by atoms with van der Waals surface area (Å²) in [6.07, 6.45) is 0.811. The maximum Gasteiger partial charge on any atom is 0.260 e. The normalized spacial score (nSPS) is 21.2. The van der Waals surface area contributed by atoms with E-state index in [9.17, 15) is 4.79 Å². The molecule has 1 aliphatic heterocycles. The van der Waals surface area contributed by atoms with Crippen molar-refractivity contribution >= 4 is 29.1 Å². The molecule has 1 unspecified atom stereocenters. The van der Waals surface area contributed by atoms with E-state index in [0.717, 1.165) is 6.42 Å². The highest BCUT2D eigenvalue weighted by Gasteiger charge is 2.35. The van der Waals surface area contributed by atoms with Crippen molar-refractivity contribution in [3.05, 3.63) is 28.2 Å². The van der Waals surface area contributed by atoms with Crippen molar-refractivity contribution in [2.45, 2.75) is 26.3 Å². The summed E-state index contributed by atoms with van der Waals surface area (Å²) < 4.78 is 5.49. The molecule has 1 saturated heterocycles. The number of likely N-dealkylation sites (tertiary alicyclic amines) is 1. The monoisotopic (exact) mass is 330 g/mol. The minimum Gasteiger partial charge on any atom is -0.484 e. The lowest BCUT2D eigenvalue weighted by Gasteiger charge is -2.42. The zero-order valence-corrected chi connectivity index (χ0v) is 13.7. The Bertz CT molecular complexity index is 534. The summed E-state index contributed by atoms with van der Waals surface area (Å²) in [5.41, 5.74) is 6.00. The van der Waals surface area contributed by atoms with Gasteiger partial charge in [0.2, 0.25) is 0 Å². The van der Waals surface area contributed by atoms with Gasteiger partial charge in [-0.2, -0.15) is 0 Å². The van der Waals surface area contributed by atoms with Crippen LogP contribution in [0.15, 0.2) is 18.2 Å². The highest BCUT2D eigenvalue weighted by molar-refractivity contribution is 6.42. The summed E-state index contributed by atoms with van der Waals surface area (Å²) in [6, 6.07) is 5.06. The van der Waals surface area contributed by atoms with E-state index in [-0.39, 0.29) is 24.0 Å². The van der Waals surface area contributed by atoms with Crippen molar-refractivity contribution in [2.75, 3.05) is 19.7 Å². The molecule has 1 aliphatic rings. The molecule has 0 spiro atoms. The molecule has 1 fully saturated rings. The summed E-state index contributed by atoms with van der Waals surface area (Å²) >= 11 is 11.7. The van der Waals surface area contributed by atoms with Crippen LogP contribution in [-0.2, 0) is 4.79 Å². The summed E-state index contributed by atoms with van der Waals surface area (Å²) in [4.78, 5) is 14.0. The smallest absolute Gasteiger partial charge is 0.260 e. The van der Waals surface area contributed by atoms with Crippen LogP contribution in [0.3, 0.4) is 0 Å². The molecule has 0 radical (unpaired) electrons. The van der Waals surface area contributed by atoms with Crippen molar-refractivity contribution in [3.8, 4) is 5.75 Å². The number of piperidine rings is 1. The Morgan fingerprint density at radius 1 is 1.43 bits per heavy atom. The summed E-state index contributed by atoms with van der Waals surface area (Å²) in [5, 5.41) is 0.869. The molecule has 1 aromatic carbocycles. The largest absolute Gasteiger partial charge is 0.484 e. The van der Waals surface area contributed by atoms with Gasteiger partial charge in [0.25, 0.3) is 5.91 Å². The number of ether oxygens (including phenoxy) is 1. The van der Waals surface area contributed by atoms with E-state index < -0.39 is 0 Å². The molecule has 0 aromatic heterocycles. The topological polar surface area (TPSA) is 55.6 Å². The summed E-state index contributed by atoms with van der Waals surface area (Å²) in [5.74, 6) is 0.492. The highest BCUT2D eigenvalue weighted by Crippen LogP contribution is 2.28. The Hall–Kier alpha value is -0.970. The zero-order chi connectivity index (χ0) is 15.6. The third kappa shape index (κ3) is 4.02. The molecule has 0 aliphatic carbocycles. The number of hydrogen-bond acceptors (Lipinski definition) is 3. The van der Waals surface area contributed by atoms with Gasteiger partial charge in [-0.15, -0.1) is 0 Å². The summed E-state index contributed by atoms with van der Waals surface area (Å²) in [7, 11) is 0. The van der Waals surface area contributed by atoms with Gasteiger partial charge in [-0.05, 0) is 24.0 Å². The van der Waals surface area contributed by atoms with E-state index in [0.29, 0.717) is 28.9 Å². The molecule has 1 amide bonds. The zero-order valence-electron chi connectivity index (χ0n) is 12.2. The standard InChI is InChI=1S/C15H20Cl2N2O2/c1-15(2)9-19(6-5-13(15)18)14(20)8-21-10-3-4-11(16)12(17)7-10/h3-4,7,13H,5-6,8-9,18H2,1-2H3. The van der Waals surface area contributed by atoms with Gasteiger partial charge in [0.05, 0.1) is 10.0 Å². The molecular formula is C15H20Cl2N2O2. The summed E-state index contributed by atoms with van der Waals surface area (Å²) in [6.45, 7) is 5.48. The predicted molar refractivity (Wildman–Crippen MR) is 84.9 cm³/mol. The first-order valence-electron chi connectivity index (χ1n) is 6.91. The second kappa shape index (κ2) is 6.42. The quantitative estimate of drug-likeness (QED) is 0.926. The number of carbonyl (C=O) groups excluding carboxylic acids is 1. The molecule has 6 heteroatoms. The fourth-order valence-corrected chi connectivity index (χ4v) is 2.68. The van der Waals surface area contributed by atoms with Crippen LogP contribution in [0.25, 0.3) is 0 Å². The van der Waals surface area contributed by atoms with Crippen LogP contribution in [-0.4, -0.2) is 36.5 Å². The number of benzene rings is 1. The number of nitrogens with two attached hydrogens (primary N) is 1. The van der Waals surface area contributed by atoms with Crippen LogP contribution < -0.4 is 10.5 Å². The van der Waals surface area contributed by atoms with E-state index in [1.54, 1.807) is 23.1 Å². The molecule has 0 saturated carbocycles. The minimum atomic E-state index is -0.0719. The average molecular weight is 331 g/mol. The molecule has 4 nitrogen and oxygen atoms in total. The number of nitrogens with zero attached hydrogens (tertiary/aromatic N) is 1. The van der Waals surface area contributed by atoms with Gasteiger partial charge in [0, 0.05) is 25.2 Å². The molecule has 2 N–H and O–H groups in total. The number of halogens is 2. The van der Waals surface area contributed by atoms with E-state index in [1.807, 2.05) is 0 Å². The molecule has 2 rings (SSSR count). The van der Waals surface area contributed by atoms with Gasteiger partial charge in [-0.1, -0.05) is 37.0 Å². The van der Waals surface area contributed by atoms with E-state index in [4.69, 9.17) is 33.7 Å².